The molecule has 0 radical (unpaired) electrons. The topological polar surface area (TPSA) is 66.4 Å². The Morgan fingerprint density at radius 1 is 1.05 bits per heavy atom. The highest BCUT2D eigenvalue weighted by atomic mass is 79.9. The van der Waals surface area contributed by atoms with Gasteiger partial charge in [0.05, 0.1) is 11.3 Å². The molecule has 2 aromatic rings. The first kappa shape index (κ1) is 15.1. The van der Waals surface area contributed by atoms with Crippen molar-refractivity contribution in [1.82, 2.24) is 0 Å². The highest BCUT2D eigenvalue weighted by Gasteiger charge is 2.15. The zero-order chi connectivity index (χ0) is 15.6. The van der Waals surface area contributed by atoms with Crippen LogP contribution in [0, 0.1) is 11.6 Å². The van der Waals surface area contributed by atoms with Crippen molar-refractivity contribution in [2.24, 2.45) is 0 Å². The molecule has 0 aliphatic carbocycles. The molecular weight excluding hydrogens is 348 g/mol. The zero-order valence-corrected chi connectivity index (χ0v) is 11.9. The first-order valence-corrected chi connectivity index (χ1v) is 6.46. The maximum Gasteiger partial charge on any atom is 0.337 e. The van der Waals surface area contributed by atoms with Crippen molar-refractivity contribution in [1.29, 1.82) is 0 Å². The van der Waals surface area contributed by atoms with Gasteiger partial charge < -0.3 is 10.4 Å². The number of rotatable bonds is 3. The third-order valence-electron chi connectivity index (χ3n) is 2.58. The average molecular weight is 356 g/mol. The fourth-order valence-electron chi connectivity index (χ4n) is 1.69. The lowest BCUT2D eigenvalue weighted by molar-refractivity contribution is 0.0698. The van der Waals surface area contributed by atoms with E-state index >= 15 is 0 Å². The van der Waals surface area contributed by atoms with Gasteiger partial charge in [-0.3, -0.25) is 4.79 Å². The molecule has 0 aliphatic heterocycles. The molecule has 0 aliphatic rings. The van der Waals surface area contributed by atoms with Gasteiger partial charge in [-0.25, -0.2) is 13.6 Å². The van der Waals surface area contributed by atoms with E-state index in [1.165, 1.54) is 12.1 Å². The van der Waals surface area contributed by atoms with Gasteiger partial charge in [-0.2, -0.15) is 0 Å². The zero-order valence-electron chi connectivity index (χ0n) is 10.4. The number of carboxylic acids is 1. The molecule has 4 nitrogen and oxygen atoms in total. The molecule has 0 aromatic heterocycles. The molecule has 0 saturated heterocycles. The number of benzene rings is 2. The number of nitrogens with one attached hydrogen (secondary N) is 1. The maximum atomic E-state index is 13.2. The number of carbonyl (C=O) groups is 2. The van der Waals surface area contributed by atoms with Crippen molar-refractivity contribution in [2.45, 2.75) is 0 Å². The van der Waals surface area contributed by atoms with Gasteiger partial charge in [0.25, 0.3) is 5.91 Å². The second-order valence-corrected chi connectivity index (χ2v) is 5.02. The minimum absolute atomic E-state index is 0.0255. The number of anilines is 1. The van der Waals surface area contributed by atoms with Crippen LogP contribution in [-0.2, 0) is 0 Å². The standard InChI is InChI=1S/C14H8BrF2NO3/c15-8-3-7(4-10(17)5-8)13(19)18-12-6-9(16)1-2-11(12)14(20)21/h1-6H,(H,18,19)(H,20,21). The van der Waals surface area contributed by atoms with E-state index in [1.807, 2.05) is 0 Å². The summed E-state index contributed by atoms with van der Waals surface area (Å²) in [6.45, 7) is 0. The summed E-state index contributed by atoms with van der Waals surface area (Å²) in [7, 11) is 0. The van der Waals surface area contributed by atoms with Crippen molar-refractivity contribution in [3.05, 3.63) is 63.6 Å². The van der Waals surface area contributed by atoms with E-state index in [4.69, 9.17) is 5.11 Å². The third-order valence-corrected chi connectivity index (χ3v) is 3.04. The smallest absolute Gasteiger partial charge is 0.337 e. The summed E-state index contributed by atoms with van der Waals surface area (Å²) in [6, 6.07) is 6.40. The largest absolute Gasteiger partial charge is 0.478 e. The lowest BCUT2D eigenvalue weighted by Gasteiger charge is -2.09. The molecule has 108 valence electrons. The number of carboxylic acid groups (broad SMARTS) is 1. The Bertz CT molecular complexity index is 714. The summed E-state index contributed by atoms with van der Waals surface area (Å²) in [5.74, 6) is -3.39. The van der Waals surface area contributed by atoms with Crippen molar-refractivity contribution in [3.63, 3.8) is 0 Å². The van der Waals surface area contributed by atoms with Crippen molar-refractivity contribution in [3.8, 4) is 0 Å². The van der Waals surface area contributed by atoms with E-state index in [9.17, 15) is 18.4 Å². The number of hydrogen-bond donors (Lipinski definition) is 2. The molecule has 21 heavy (non-hydrogen) atoms. The molecule has 2 aromatic carbocycles. The van der Waals surface area contributed by atoms with Crippen LogP contribution in [0.3, 0.4) is 0 Å². The van der Waals surface area contributed by atoms with Crippen LogP contribution in [0.5, 0.6) is 0 Å². The third kappa shape index (κ3) is 3.63. The Morgan fingerprint density at radius 3 is 2.38 bits per heavy atom. The summed E-state index contributed by atoms with van der Waals surface area (Å²) in [6.07, 6.45) is 0. The second-order valence-electron chi connectivity index (χ2n) is 4.11. The summed E-state index contributed by atoms with van der Waals surface area (Å²) >= 11 is 3.04. The summed E-state index contributed by atoms with van der Waals surface area (Å²) in [5, 5.41) is 11.2. The molecule has 0 heterocycles. The molecule has 0 bridgehead atoms. The summed E-state index contributed by atoms with van der Waals surface area (Å²) in [5.41, 5.74) is -0.490. The highest BCUT2D eigenvalue weighted by molar-refractivity contribution is 9.10. The van der Waals surface area contributed by atoms with Crippen molar-refractivity contribution in [2.75, 3.05) is 5.32 Å². The van der Waals surface area contributed by atoms with E-state index in [0.29, 0.717) is 4.47 Å². The predicted octanol–water partition coefficient (Wildman–Crippen LogP) is 3.68. The number of carbonyl (C=O) groups excluding carboxylic acids is 1. The molecule has 0 unspecified atom stereocenters. The molecule has 0 atom stereocenters. The van der Waals surface area contributed by atoms with Gasteiger partial charge in [-0.05, 0) is 36.4 Å². The molecule has 0 spiro atoms. The van der Waals surface area contributed by atoms with Crippen LogP contribution in [0.2, 0.25) is 0 Å². The van der Waals surface area contributed by atoms with Crippen LogP contribution >= 0.6 is 15.9 Å². The minimum atomic E-state index is -1.31. The first-order chi connectivity index (χ1) is 9.86. The van der Waals surface area contributed by atoms with Gasteiger partial charge in [0.1, 0.15) is 11.6 Å². The Morgan fingerprint density at radius 2 is 1.76 bits per heavy atom. The van der Waals surface area contributed by atoms with E-state index < -0.39 is 23.5 Å². The van der Waals surface area contributed by atoms with Crippen LogP contribution in [0.4, 0.5) is 14.5 Å². The number of amides is 1. The SMILES string of the molecule is O=C(Nc1cc(F)ccc1C(=O)O)c1cc(F)cc(Br)c1. The fourth-order valence-corrected chi connectivity index (χ4v) is 2.15. The van der Waals surface area contributed by atoms with E-state index in [2.05, 4.69) is 21.2 Å². The Hall–Kier alpha value is -2.28. The number of aromatic carboxylic acids is 1. The van der Waals surface area contributed by atoms with Crippen LogP contribution in [-0.4, -0.2) is 17.0 Å². The highest BCUT2D eigenvalue weighted by Crippen LogP contribution is 2.20. The molecule has 1 amide bonds. The van der Waals surface area contributed by atoms with Crippen LogP contribution in [0.25, 0.3) is 0 Å². The van der Waals surface area contributed by atoms with Gasteiger partial charge in [0, 0.05) is 10.0 Å². The van der Waals surface area contributed by atoms with Crippen LogP contribution < -0.4 is 5.32 Å². The van der Waals surface area contributed by atoms with Crippen molar-refractivity contribution >= 4 is 33.5 Å². The lowest BCUT2D eigenvalue weighted by atomic mass is 10.1. The van der Waals surface area contributed by atoms with Gasteiger partial charge in [0.15, 0.2) is 0 Å². The van der Waals surface area contributed by atoms with Gasteiger partial charge in [-0.1, -0.05) is 15.9 Å². The van der Waals surface area contributed by atoms with Gasteiger partial charge in [-0.15, -0.1) is 0 Å². The second kappa shape index (κ2) is 6.01. The molecule has 0 fully saturated rings. The lowest BCUT2D eigenvalue weighted by Crippen LogP contribution is -2.15. The molecule has 0 saturated carbocycles. The molecular formula is C14H8BrF2NO3. The Labute approximate surface area is 126 Å². The normalized spacial score (nSPS) is 10.2. The first-order valence-electron chi connectivity index (χ1n) is 5.67. The van der Waals surface area contributed by atoms with E-state index in [-0.39, 0.29) is 16.8 Å². The quantitative estimate of drug-likeness (QED) is 0.882. The predicted molar refractivity (Wildman–Crippen MR) is 75.4 cm³/mol. The minimum Gasteiger partial charge on any atom is -0.478 e. The summed E-state index contributed by atoms with van der Waals surface area (Å²) < 4.78 is 26.8. The number of halogens is 3. The monoisotopic (exact) mass is 355 g/mol. The van der Waals surface area contributed by atoms with Crippen molar-refractivity contribution < 1.29 is 23.5 Å². The maximum absolute atomic E-state index is 13.2. The fraction of sp³-hybridized carbons (Fsp3) is 0. The van der Waals surface area contributed by atoms with Crippen LogP contribution in [0.15, 0.2) is 40.9 Å². The average Bonchev–Trinajstić information content (AvgIpc) is 2.37. The Balaban J connectivity index is 2.35. The molecule has 7 heteroatoms. The van der Waals surface area contributed by atoms with E-state index in [0.717, 1.165) is 24.3 Å². The van der Waals surface area contributed by atoms with Crippen LogP contribution in [0.1, 0.15) is 20.7 Å². The van der Waals surface area contributed by atoms with E-state index in [1.54, 1.807) is 0 Å². The molecule has 2 rings (SSSR count). The molecule has 2 N–H and O–H groups in total. The number of hydrogen-bond acceptors (Lipinski definition) is 2. The summed E-state index contributed by atoms with van der Waals surface area (Å²) in [4.78, 5) is 23.0. The van der Waals surface area contributed by atoms with Gasteiger partial charge in [0.2, 0.25) is 0 Å². The van der Waals surface area contributed by atoms with Gasteiger partial charge >= 0.3 is 5.97 Å². The Kier molecular flexibility index (Phi) is 4.32.